The van der Waals surface area contributed by atoms with Crippen LogP contribution in [0.15, 0.2) is 71.7 Å². The van der Waals surface area contributed by atoms with Gasteiger partial charge in [0.2, 0.25) is 0 Å². The van der Waals surface area contributed by atoms with Gasteiger partial charge in [0, 0.05) is 22.7 Å². The first-order valence-electron chi connectivity index (χ1n) is 11.5. The fourth-order valence-electron chi connectivity index (χ4n) is 4.49. The highest BCUT2D eigenvalue weighted by atomic mass is 16.3. The third kappa shape index (κ3) is 4.02. The Hall–Kier alpha value is -3.53. The van der Waals surface area contributed by atoms with Gasteiger partial charge in [-0.1, -0.05) is 58.9 Å². The van der Waals surface area contributed by atoms with Gasteiger partial charge in [0.1, 0.15) is 12.6 Å². The molecule has 4 heteroatoms. The van der Waals surface area contributed by atoms with Crippen LogP contribution in [0.4, 0.5) is 0 Å². The van der Waals surface area contributed by atoms with Crippen LogP contribution in [0.1, 0.15) is 45.9 Å². The lowest BCUT2D eigenvalue weighted by molar-refractivity contribution is 0.588. The summed E-state index contributed by atoms with van der Waals surface area (Å²) in [6, 6.07) is 17.1. The minimum atomic E-state index is 0.0199. The molecule has 166 valence electrons. The summed E-state index contributed by atoms with van der Waals surface area (Å²) in [4.78, 5) is 13.8. The van der Waals surface area contributed by atoms with E-state index >= 15 is 0 Å². The summed E-state index contributed by atoms with van der Waals surface area (Å²) in [5, 5.41) is 3.55. The van der Waals surface area contributed by atoms with Crippen LogP contribution in [0, 0.1) is 5.92 Å². The Bertz CT molecular complexity index is 1460. The fraction of sp³-hybridized carbons (Fsp3) is 0.276. The largest absolute Gasteiger partial charge is 0.462 e. The van der Waals surface area contributed by atoms with Crippen LogP contribution in [0.2, 0.25) is 0 Å². The molecule has 0 unspecified atom stereocenters. The molecule has 0 atom stereocenters. The predicted molar refractivity (Wildman–Crippen MR) is 135 cm³/mol. The van der Waals surface area contributed by atoms with Crippen molar-refractivity contribution in [1.82, 2.24) is 15.0 Å². The van der Waals surface area contributed by atoms with Crippen molar-refractivity contribution in [2.45, 2.75) is 46.5 Å². The Kier molecular flexibility index (Phi) is 5.24. The lowest BCUT2D eigenvalue weighted by atomic mass is 9.82. The number of benzene rings is 2. The zero-order valence-corrected chi connectivity index (χ0v) is 19.9. The third-order valence-electron chi connectivity index (χ3n) is 6.07. The van der Waals surface area contributed by atoms with Gasteiger partial charge >= 0.3 is 0 Å². The topological polar surface area (TPSA) is 51.8 Å². The number of fused-ring (bicyclic) bond motifs is 2. The summed E-state index contributed by atoms with van der Waals surface area (Å²) < 4.78 is 5.98. The van der Waals surface area contributed by atoms with Crippen molar-refractivity contribution in [3.05, 3.63) is 78.6 Å². The van der Waals surface area contributed by atoms with Crippen LogP contribution in [-0.4, -0.2) is 15.0 Å². The number of pyridine rings is 1. The van der Waals surface area contributed by atoms with E-state index in [2.05, 4.69) is 92.0 Å². The highest BCUT2D eigenvalue weighted by Gasteiger charge is 2.19. The molecule has 0 saturated carbocycles. The van der Waals surface area contributed by atoms with Crippen LogP contribution >= 0.6 is 0 Å². The Labute approximate surface area is 194 Å². The fourth-order valence-corrected chi connectivity index (χ4v) is 4.49. The maximum atomic E-state index is 5.98. The molecule has 0 aliphatic rings. The number of hydrogen-bond acceptors (Lipinski definition) is 4. The second-order valence-electron chi connectivity index (χ2n) is 10.2. The molecular weight excluding hydrogens is 406 g/mol. The summed E-state index contributed by atoms with van der Waals surface area (Å²) in [5.74, 6) is 0.507. The van der Waals surface area contributed by atoms with E-state index < -0.39 is 0 Å². The Morgan fingerprint density at radius 1 is 0.879 bits per heavy atom. The molecule has 0 radical (unpaired) electrons. The first-order chi connectivity index (χ1) is 15.8. The second kappa shape index (κ2) is 8.11. The van der Waals surface area contributed by atoms with Crippen molar-refractivity contribution in [2.75, 3.05) is 0 Å². The van der Waals surface area contributed by atoms with Crippen molar-refractivity contribution >= 4 is 21.7 Å². The van der Waals surface area contributed by atoms with Gasteiger partial charge in [-0.05, 0) is 58.4 Å². The van der Waals surface area contributed by atoms with Crippen LogP contribution in [-0.2, 0) is 11.8 Å². The van der Waals surface area contributed by atoms with Crippen molar-refractivity contribution < 1.29 is 4.42 Å². The molecular formula is C29H29N3O. The van der Waals surface area contributed by atoms with Crippen LogP contribution in [0.5, 0.6) is 0 Å². The molecule has 5 rings (SSSR count). The normalized spacial score (nSPS) is 12.2. The van der Waals surface area contributed by atoms with Crippen molar-refractivity contribution in [1.29, 1.82) is 0 Å². The molecule has 0 aliphatic carbocycles. The Morgan fingerprint density at radius 3 is 2.45 bits per heavy atom. The van der Waals surface area contributed by atoms with Gasteiger partial charge in [0.05, 0.1) is 17.1 Å². The molecule has 3 heterocycles. The van der Waals surface area contributed by atoms with Gasteiger partial charge in [-0.15, -0.1) is 0 Å². The smallest absolute Gasteiger partial charge is 0.156 e. The summed E-state index contributed by atoms with van der Waals surface area (Å²) in [7, 11) is 0. The molecule has 5 aromatic rings. The first kappa shape index (κ1) is 21.3. The quantitative estimate of drug-likeness (QED) is 0.292. The molecule has 0 spiro atoms. The average Bonchev–Trinajstić information content (AvgIpc) is 3.23. The lowest BCUT2D eigenvalue weighted by Crippen LogP contribution is -2.12. The molecule has 0 N–H and O–H groups in total. The van der Waals surface area contributed by atoms with Gasteiger partial charge < -0.3 is 4.42 Å². The molecule has 0 aliphatic heterocycles. The van der Waals surface area contributed by atoms with E-state index in [0.29, 0.717) is 5.92 Å². The molecule has 3 aromatic heterocycles. The van der Waals surface area contributed by atoms with Crippen molar-refractivity contribution in [2.24, 2.45) is 5.92 Å². The van der Waals surface area contributed by atoms with Gasteiger partial charge in [-0.3, -0.25) is 4.98 Å². The summed E-state index contributed by atoms with van der Waals surface area (Å²) >= 11 is 0. The Morgan fingerprint density at radius 2 is 1.67 bits per heavy atom. The van der Waals surface area contributed by atoms with Crippen LogP contribution in [0.25, 0.3) is 44.3 Å². The SMILES string of the molecule is CC(C)Cc1nccc2c(-c3cc(-c4cc(C(C)(C)C)c5ccccc5c4)ncn3)coc12. The average molecular weight is 436 g/mol. The maximum Gasteiger partial charge on any atom is 0.156 e. The van der Waals surface area contributed by atoms with E-state index in [1.165, 1.54) is 16.3 Å². The maximum absolute atomic E-state index is 5.98. The highest BCUT2D eigenvalue weighted by Crippen LogP contribution is 2.36. The van der Waals surface area contributed by atoms with Gasteiger partial charge in [-0.25, -0.2) is 9.97 Å². The summed E-state index contributed by atoms with van der Waals surface area (Å²) in [5.41, 5.74) is 7.00. The monoisotopic (exact) mass is 435 g/mol. The van der Waals surface area contributed by atoms with E-state index in [4.69, 9.17) is 4.42 Å². The van der Waals surface area contributed by atoms with Gasteiger partial charge in [0.25, 0.3) is 0 Å². The zero-order valence-electron chi connectivity index (χ0n) is 19.9. The molecule has 2 aromatic carbocycles. The standard InChI is InChI=1S/C29H29N3O/c1-18(2)12-27-28-22(10-11-30-27)23(16-33-28)26-15-25(31-17-32-26)20-13-19-8-6-7-9-21(19)24(14-20)29(3,4)5/h6-11,13-18H,12H2,1-5H3. The number of aromatic nitrogens is 3. The van der Waals surface area contributed by atoms with Gasteiger partial charge in [0.15, 0.2) is 5.58 Å². The molecule has 0 amide bonds. The molecule has 0 bridgehead atoms. The van der Waals surface area contributed by atoms with Crippen LogP contribution < -0.4 is 0 Å². The first-order valence-corrected chi connectivity index (χ1v) is 11.5. The lowest BCUT2D eigenvalue weighted by Gasteiger charge is -2.22. The number of rotatable bonds is 4. The number of hydrogen-bond donors (Lipinski definition) is 0. The number of nitrogens with zero attached hydrogens (tertiary/aromatic N) is 3. The van der Waals surface area contributed by atoms with E-state index in [-0.39, 0.29) is 5.41 Å². The predicted octanol–water partition coefficient (Wildman–Crippen LogP) is 7.60. The minimum Gasteiger partial charge on any atom is -0.462 e. The van der Waals surface area contributed by atoms with Crippen LogP contribution in [0.3, 0.4) is 0 Å². The summed E-state index contributed by atoms with van der Waals surface area (Å²) in [6.07, 6.45) is 6.18. The van der Waals surface area contributed by atoms with E-state index in [9.17, 15) is 0 Å². The Balaban J connectivity index is 1.64. The van der Waals surface area contributed by atoms with Crippen molar-refractivity contribution in [3.63, 3.8) is 0 Å². The van der Waals surface area contributed by atoms with Gasteiger partial charge in [-0.2, -0.15) is 0 Å². The third-order valence-corrected chi connectivity index (χ3v) is 6.07. The van der Waals surface area contributed by atoms with E-state index in [0.717, 1.165) is 45.6 Å². The molecule has 33 heavy (non-hydrogen) atoms. The second-order valence-corrected chi connectivity index (χ2v) is 10.2. The minimum absolute atomic E-state index is 0.0199. The van der Waals surface area contributed by atoms with Crippen molar-refractivity contribution in [3.8, 4) is 22.5 Å². The zero-order chi connectivity index (χ0) is 23.2. The van der Waals surface area contributed by atoms with E-state index in [1.54, 1.807) is 12.6 Å². The highest BCUT2D eigenvalue weighted by molar-refractivity contribution is 5.95. The molecule has 4 nitrogen and oxygen atoms in total. The summed E-state index contributed by atoms with van der Waals surface area (Å²) in [6.45, 7) is 11.1. The molecule has 0 fully saturated rings. The van der Waals surface area contributed by atoms with E-state index in [1.807, 2.05) is 12.3 Å². The molecule has 0 saturated heterocycles. The number of furan rings is 1.